The van der Waals surface area contributed by atoms with E-state index in [0.717, 1.165) is 103 Å². The van der Waals surface area contributed by atoms with Crippen molar-refractivity contribution in [2.24, 2.45) is 0 Å². The lowest BCUT2D eigenvalue weighted by Gasteiger charge is -2.18. The van der Waals surface area contributed by atoms with Crippen molar-refractivity contribution in [2.45, 2.75) is 245 Å². The quantitative estimate of drug-likeness (QED) is 0.0263. The van der Waals surface area contributed by atoms with Crippen LogP contribution in [-0.2, 0) is 28.6 Å². The highest BCUT2D eigenvalue weighted by Gasteiger charge is 2.19. The molecule has 340 valence electrons. The first-order valence-corrected chi connectivity index (χ1v) is 24.8. The summed E-state index contributed by atoms with van der Waals surface area (Å²) >= 11 is 0. The van der Waals surface area contributed by atoms with Crippen LogP contribution in [-0.4, -0.2) is 37.2 Å². The van der Waals surface area contributed by atoms with Gasteiger partial charge in [-0.25, -0.2) is 0 Å². The Labute approximate surface area is 364 Å². The average Bonchev–Trinajstić information content (AvgIpc) is 3.23. The zero-order chi connectivity index (χ0) is 43.0. The highest BCUT2D eigenvalue weighted by atomic mass is 16.6. The fourth-order valence-corrected chi connectivity index (χ4v) is 6.77. The van der Waals surface area contributed by atoms with Crippen LogP contribution in [0, 0.1) is 0 Å². The van der Waals surface area contributed by atoms with Crippen LogP contribution in [0.4, 0.5) is 0 Å². The molecule has 0 aliphatic rings. The van der Waals surface area contributed by atoms with Gasteiger partial charge < -0.3 is 14.2 Å². The van der Waals surface area contributed by atoms with Crippen LogP contribution in [0.5, 0.6) is 0 Å². The van der Waals surface area contributed by atoms with Gasteiger partial charge in [0.25, 0.3) is 0 Å². The lowest BCUT2D eigenvalue weighted by atomic mass is 10.0. The van der Waals surface area contributed by atoms with Crippen molar-refractivity contribution in [1.29, 1.82) is 0 Å². The van der Waals surface area contributed by atoms with Crippen LogP contribution in [0.15, 0.2) is 60.8 Å². The van der Waals surface area contributed by atoms with E-state index in [0.29, 0.717) is 19.3 Å². The van der Waals surface area contributed by atoms with E-state index in [1.54, 1.807) is 0 Å². The Hall–Kier alpha value is -2.89. The van der Waals surface area contributed by atoms with Gasteiger partial charge in [-0.1, -0.05) is 204 Å². The average molecular weight is 825 g/mol. The molecule has 0 aromatic carbocycles. The third-order valence-electron chi connectivity index (χ3n) is 10.5. The van der Waals surface area contributed by atoms with Crippen LogP contribution < -0.4 is 0 Å². The van der Waals surface area contributed by atoms with Crippen molar-refractivity contribution in [3.8, 4) is 0 Å². The third kappa shape index (κ3) is 46.0. The van der Waals surface area contributed by atoms with Crippen LogP contribution >= 0.6 is 0 Å². The van der Waals surface area contributed by atoms with E-state index in [1.807, 2.05) is 0 Å². The largest absolute Gasteiger partial charge is 0.462 e. The molecule has 0 heterocycles. The topological polar surface area (TPSA) is 78.9 Å². The minimum atomic E-state index is -0.788. The number of allylic oxidation sites excluding steroid dienone is 10. The van der Waals surface area contributed by atoms with E-state index in [1.165, 1.54) is 96.3 Å². The maximum atomic E-state index is 12.8. The number of rotatable bonds is 44. The summed E-state index contributed by atoms with van der Waals surface area (Å²) in [7, 11) is 0. The number of unbranched alkanes of at least 4 members (excludes halogenated alkanes) is 23. The number of hydrogen-bond donors (Lipinski definition) is 0. The van der Waals surface area contributed by atoms with Crippen molar-refractivity contribution in [3.05, 3.63) is 60.8 Å². The Morgan fingerprint density at radius 3 is 1.10 bits per heavy atom. The van der Waals surface area contributed by atoms with Crippen molar-refractivity contribution in [1.82, 2.24) is 0 Å². The van der Waals surface area contributed by atoms with Gasteiger partial charge in [0.15, 0.2) is 6.10 Å². The monoisotopic (exact) mass is 825 g/mol. The second-order valence-electron chi connectivity index (χ2n) is 16.3. The van der Waals surface area contributed by atoms with E-state index in [2.05, 4.69) is 81.5 Å². The Balaban J connectivity index is 4.43. The maximum absolute atomic E-state index is 12.8. The Bertz CT molecular complexity index is 1090. The van der Waals surface area contributed by atoms with Gasteiger partial charge in [-0.2, -0.15) is 0 Å². The van der Waals surface area contributed by atoms with E-state index in [-0.39, 0.29) is 31.1 Å². The molecule has 0 amide bonds. The number of carbonyl (C=O) groups excluding carboxylic acids is 3. The molecular formula is C53H92O6. The first-order valence-electron chi connectivity index (χ1n) is 24.8. The summed E-state index contributed by atoms with van der Waals surface area (Å²) in [6, 6.07) is 0. The van der Waals surface area contributed by atoms with E-state index >= 15 is 0 Å². The molecule has 0 rings (SSSR count). The molecule has 0 N–H and O–H groups in total. The standard InChI is InChI=1S/C53H92O6/c1-4-7-10-13-16-19-22-25-28-31-34-37-40-43-46-52(55)58-49-50(48-57-51(54)45-42-39-36-33-30-27-24-21-18-15-12-9-6-3)59-53(56)47-44-41-38-35-32-29-26-23-20-17-14-11-8-5-2/h9,12-13,16,18,21-22,25,27,30,50H,4-8,10-11,14-15,17,19-20,23-24,26,28-29,31-49H2,1-3H3/b12-9-,16-13-,21-18-,25-22-,30-27-. The van der Waals surface area contributed by atoms with Gasteiger partial charge in [0.1, 0.15) is 13.2 Å². The van der Waals surface area contributed by atoms with Crippen LogP contribution in [0.3, 0.4) is 0 Å². The number of ether oxygens (including phenoxy) is 3. The van der Waals surface area contributed by atoms with Gasteiger partial charge in [0, 0.05) is 19.3 Å². The van der Waals surface area contributed by atoms with Crippen molar-refractivity contribution < 1.29 is 28.6 Å². The van der Waals surface area contributed by atoms with E-state index in [4.69, 9.17) is 14.2 Å². The molecule has 0 aliphatic carbocycles. The summed E-state index contributed by atoms with van der Waals surface area (Å²) in [5, 5.41) is 0. The molecule has 6 nitrogen and oxygen atoms in total. The number of esters is 3. The summed E-state index contributed by atoms with van der Waals surface area (Å²) in [6.45, 7) is 6.45. The molecule has 59 heavy (non-hydrogen) atoms. The first-order chi connectivity index (χ1) is 29.0. The van der Waals surface area contributed by atoms with Gasteiger partial charge in [0.2, 0.25) is 0 Å². The molecule has 0 spiro atoms. The zero-order valence-corrected chi connectivity index (χ0v) is 38.8. The first kappa shape index (κ1) is 56.1. The summed E-state index contributed by atoms with van der Waals surface area (Å²) in [5.41, 5.74) is 0. The summed E-state index contributed by atoms with van der Waals surface area (Å²) in [5.74, 6) is -0.929. The lowest BCUT2D eigenvalue weighted by molar-refractivity contribution is -0.167. The fraction of sp³-hybridized carbons (Fsp3) is 0.755. The molecule has 6 heteroatoms. The van der Waals surface area contributed by atoms with Gasteiger partial charge in [-0.3, -0.25) is 14.4 Å². The van der Waals surface area contributed by atoms with Crippen molar-refractivity contribution >= 4 is 17.9 Å². The molecule has 0 aliphatic heterocycles. The molecule has 0 aromatic rings. The van der Waals surface area contributed by atoms with Gasteiger partial charge in [0.05, 0.1) is 0 Å². The maximum Gasteiger partial charge on any atom is 0.306 e. The molecule has 0 saturated carbocycles. The molecule has 0 aromatic heterocycles. The van der Waals surface area contributed by atoms with Crippen LogP contribution in [0.25, 0.3) is 0 Å². The fourth-order valence-electron chi connectivity index (χ4n) is 6.77. The molecule has 1 atom stereocenters. The van der Waals surface area contributed by atoms with E-state index < -0.39 is 6.10 Å². The van der Waals surface area contributed by atoms with E-state index in [9.17, 15) is 14.4 Å². The highest BCUT2D eigenvalue weighted by Crippen LogP contribution is 2.15. The SMILES string of the molecule is CC/C=C\C/C=C\C/C=C\CCCCCC(=O)OCC(COC(=O)CCCCCCC/C=C\C/C=C\CCCC)OC(=O)CCCCCCCCCCCCCCCC. The molecule has 0 fully saturated rings. The summed E-state index contributed by atoms with van der Waals surface area (Å²) < 4.78 is 16.7. The molecule has 0 bridgehead atoms. The van der Waals surface area contributed by atoms with Gasteiger partial charge in [-0.15, -0.1) is 0 Å². The summed E-state index contributed by atoms with van der Waals surface area (Å²) in [6.07, 6.45) is 57.7. The van der Waals surface area contributed by atoms with Crippen molar-refractivity contribution in [2.75, 3.05) is 13.2 Å². The second kappa shape index (κ2) is 47.8. The third-order valence-corrected chi connectivity index (χ3v) is 10.5. The zero-order valence-electron chi connectivity index (χ0n) is 38.8. The minimum absolute atomic E-state index is 0.0896. The predicted molar refractivity (Wildman–Crippen MR) is 251 cm³/mol. The van der Waals surface area contributed by atoms with Gasteiger partial charge >= 0.3 is 17.9 Å². The Kier molecular flexibility index (Phi) is 45.4. The van der Waals surface area contributed by atoms with Crippen LogP contribution in [0.1, 0.15) is 239 Å². The van der Waals surface area contributed by atoms with Crippen LogP contribution in [0.2, 0.25) is 0 Å². The van der Waals surface area contributed by atoms with Crippen molar-refractivity contribution in [3.63, 3.8) is 0 Å². The Morgan fingerprint density at radius 2 is 0.678 bits per heavy atom. The minimum Gasteiger partial charge on any atom is -0.462 e. The number of hydrogen-bond acceptors (Lipinski definition) is 6. The molecule has 1 unspecified atom stereocenters. The highest BCUT2D eigenvalue weighted by molar-refractivity contribution is 5.71. The predicted octanol–water partition coefficient (Wildman–Crippen LogP) is 16.1. The lowest BCUT2D eigenvalue weighted by Crippen LogP contribution is -2.30. The smallest absolute Gasteiger partial charge is 0.306 e. The molecular weight excluding hydrogens is 733 g/mol. The molecule has 0 saturated heterocycles. The number of carbonyl (C=O) groups is 3. The summed E-state index contributed by atoms with van der Waals surface area (Å²) in [4.78, 5) is 37.9. The molecule has 0 radical (unpaired) electrons. The van der Waals surface area contributed by atoms with Gasteiger partial charge in [-0.05, 0) is 77.0 Å². The second-order valence-corrected chi connectivity index (χ2v) is 16.3. The normalized spacial score (nSPS) is 12.5. The Morgan fingerprint density at radius 1 is 0.356 bits per heavy atom.